The molecular weight excluding hydrogens is 284 g/mol. The van der Waals surface area contributed by atoms with Crippen LogP contribution < -0.4 is 10.6 Å². The van der Waals surface area contributed by atoms with Gasteiger partial charge in [-0.2, -0.15) is 11.8 Å². The summed E-state index contributed by atoms with van der Waals surface area (Å²) in [5.74, 6) is 1.21. The Hall–Kier alpha value is -0.190. The van der Waals surface area contributed by atoms with Crippen molar-refractivity contribution in [3.8, 4) is 0 Å². The minimum Gasteiger partial charge on any atom is -0.369 e. The van der Waals surface area contributed by atoms with Gasteiger partial charge >= 0.3 is 0 Å². The molecule has 4 heteroatoms. The highest BCUT2D eigenvalue weighted by molar-refractivity contribution is 9.10. The van der Waals surface area contributed by atoms with Gasteiger partial charge in [-0.1, -0.05) is 13.0 Å². The molecule has 16 heavy (non-hydrogen) atoms. The average molecular weight is 301 g/mol. The highest BCUT2D eigenvalue weighted by Crippen LogP contribution is 2.30. The molecule has 1 fully saturated rings. The Morgan fingerprint density at radius 2 is 2.38 bits per heavy atom. The van der Waals surface area contributed by atoms with Gasteiger partial charge in [-0.15, -0.1) is 0 Å². The molecule has 0 amide bonds. The van der Waals surface area contributed by atoms with E-state index >= 15 is 0 Å². The highest BCUT2D eigenvalue weighted by atomic mass is 79.9. The van der Waals surface area contributed by atoms with Crippen LogP contribution in [0.5, 0.6) is 0 Å². The average Bonchev–Trinajstić information content (AvgIpc) is 2.28. The van der Waals surface area contributed by atoms with Gasteiger partial charge in [0.05, 0.1) is 5.69 Å². The van der Waals surface area contributed by atoms with Crippen LogP contribution in [0, 0.1) is 0 Å². The van der Waals surface area contributed by atoms with Crippen LogP contribution in [0.2, 0.25) is 0 Å². The number of benzene rings is 1. The zero-order chi connectivity index (χ0) is 11.5. The first-order valence-electron chi connectivity index (χ1n) is 5.55. The molecule has 0 spiro atoms. The Morgan fingerprint density at radius 1 is 1.56 bits per heavy atom. The first-order valence-corrected chi connectivity index (χ1v) is 7.40. The van der Waals surface area contributed by atoms with Crippen molar-refractivity contribution in [1.82, 2.24) is 0 Å². The van der Waals surface area contributed by atoms with Crippen LogP contribution in [0.1, 0.15) is 12.5 Å². The molecule has 1 saturated heterocycles. The van der Waals surface area contributed by atoms with Crippen molar-refractivity contribution in [1.29, 1.82) is 0 Å². The van der Waals surface area contributed by atoms with Gasteiger partial charge in [0, 0.05) is 35.1 Å². The van der Waals surface area contributed by atoms with E-state index in [1.54, 1.807) is 0 Å². The van der Waals surface area contributed by atoms with E-state index in [9.17, 15) is 0 Å². The third kappa shape index (κ3) is 2.73. The Labute approximate surface area is 110 Å². The molecule has 2 rings (SSSR count). The second-order valence-corrected chi connectivity index (χ2v) is 6.52. The quantitative estimate of drug-likeness (QED) is 0.911. The summed E-state index contributed by atoms with van der Waals surface area (Å²) in [5, 5.41) is 0.717. The lowest BCUT2D eigenvalue weighted by Gasteiger charge is -2.33. The number of nitrogens with zero attached hydrogens (tertiary/aromatic N) is 1. The summed E-state index contributed by atoms with van der Waals surface area (Å²) < 4.78 is 1.16. The van der Waals surface area contributed by atoms with E-state index in [-0.39, 0.29) is 0 Å². The maximum Gasteiger partial charge on any atom is 0.0511 e. The number of thioether (sulfide) groups is 1. The van der Waals surface area contributed by atoms with Crippen LogP contribution in [-0.4, -0.2) is 24.1 Å². The van der Waals surface area contributed by atoms with Crippen LogP contribution in [0.15, 0.2) is 22.7 Å². The maximum atomic E-state index is 5.63. The van der Waals surface area contributed by atoms with Gasteiger partial charge in [-0.3, -0.25) is 0 Å². The zero-order valence-corrected chi connectivity index (χ0v) is 11.9. The fourth-order valence-corrected chi connectivity index (χ4v) is 3.66. The van der Waals surface area contributed by atoms with Gasteiger partial charge in [0.1, 0.15) is 0 Å². The first kappa shape index (κ1) is 12.3. The molecule has 1 atom stereocenters. The zero-order valence-electron chi connectivity index (χ0n) is 9.45. The smallest absolute Gasteiger partial charge is 0.0511 e. The Kier molecular flexibility index (Phi) is 4.16. The molecule has 0 aromatic heterocycles. The minimum atomic E-state index is 0.602. The van der Waals surface area contributed by atoms with E-state index in [0.717, 1.165) is 22.8 Å². The first-order chi connectivity index (χ1) is 7.70. The van der Waals surface area contributed by atoms with E-state index in [1.165, 1.54) is 17.0 Å². The van der Waals surface area contributed by atoms with Crippen molar-refractivity contribution in [2.75, 3.05) is 23.7 Å². The van der Waals surface area contributed by atoms with E-state index in [4.69, 9.17) is 5.73 Å². The molecule has 2 nitrogen and oxygen atoms in total. The topological polar surface area (TPSA) is 29.3 Å². The number of anilines is 1. The molecule has 0 aliphatic carbocycles. The molecule has 0 bridgehead atoms. The van der Waals surface area contributed by atoms with Crippen molar-refractivity contribution in [3.63, 3.8) is 0 Å². The lowest BCUT2D eigenvalue weighted by atomic mass is 10.2. The molecule has 1 aromatic carbocycles. The Bertz CT molecular complexity index is 370. The molecule has 0 radical (unpaired) electrons. The molecule has 88 valence electrons. The Balaban J connectivity index is 2.19. The summed E-state index contributed by atoms with van der Waals surface area (Å²) in [6, 6.07) is 6.42. The lowest BCUT2D eigenvalue weighted by molar-refractivity contribution is 0.781. The van der Waals surface area contributed by atoms with Gasteiger partial charge in [0.2, 0.25) is 0 Å². The van der Waals surface area contributed by atoms with Gasteiger partial charge in [0.25, 0.3) is 0 Å². The number of nitrogens with two attached hydrogens (primary N) is 1. The summed E-state index contributed by atoms with van der Waals surface area (Å²) in [5.41, 5.74) is 8.10. The summed E-state index contributed by atoms with van der Waals surface area (Å²) in [4.78, 5) is 2.45. The normalized spacial score (nSPS) is 21.2. The second kappa shape index (κ2) is 5.43. The number of rotatable bonds is 2. The van der Waals surface area contributed by atoms with Gasteiger partial charge in [-0.05, 0) is 33.6 Å². The van der Waals surface area contributed by atoms with Crippen molar-refractivity contribution in [2.45, 2.75) is 18.7 Å². The molecule has 0 saturated carbocycles. The van der Waals surface area contributed by atoms with Crippen molar-refractivity contribution < 1.29 is 0 Å². The molecule has 2 N–H and O–H groups in total. The van der Waals surface area contributed by atoms with Crippen LogP contribution in [0.4, 0.5) is 5.69 Å². The van der Waals surface area contributed by atoms with E-state index in [0.29, 0.717) is 6.54 Å². The summed E-state index contributed by atoms with van der Waals surface area (Å²) in [6.45, 7) is 5.16. The van der Waals surface area contributed by atoms with Gasteiger partial charge in [0.15, 0.2) is 0 Å². The van der Waals surface area contributed by atoms with Crippen LogP contribution in [-0.2, 0) is 6.54 Å². The van der Waals surface area contributed by atoms with Crippen molar-refractivity contribution in [3.05, 3.63) is 28.2 Å². The molecular formula is C12H17BrN2S. The van der Waals surface area contributed by atoms with Crippen molar-refractivity contribution >= 4 is 33.4 Å². The highest BCUT2D eigenvalue weighted by Gasteiger charge is 2.18. The number of hydrogen-bond donors (Lipinski definition) is 1. The number of hydrogen-bond acceptors (Lipinski definition) is 3. The second-order valence-electron chi connectivity index (χ2n) is 4.12. The monoisotopic (exact) mass is 300 g/mol. The maximum absolute atomic E-state index is 5.63. The molecule has 1 aliphatic rings. The minimum absolute atomic E-state index is 0.602. The van der Waals surface area contributed by atoms with Crippen LogP contribution in [0.3, 0.4) is 0 Å². The van der Waals surface area contributed by atoms with E-state index in [1.807, 2.05) is 0 Å². The molecule has 1 aromatic rings. The fourth-order valence-electron chi connectivity index (χ4n) is 1.97. The van der Waals surface area contributed by atoms with Crippen LogP contribution >= 0.6 is 27.7 Å². The third-order valence-corrected chi connectivity index (χ3v) is 4.60. The summed E-state index contributed by atoms with van der Waals surface area (Å²) in [7, 11) is 0. The van der Waals surface area contributed by atoms with E-state index < -0.39 is 0 Å². The largest absolute Gasteiger partial charge is 0.369 e. The molecule has 1 aliphatic heterocycles. The van der Waals surface area contributed by atoms with Crippen molar-refractivity contribution in [2.24, 2.45) is 5.73 Å². The third-order valence-electron chi connectivity index (χ3n) is 2.83. The van der Waals surface area contributed by atoms with Gasteiger partial charge in [-0.25, -0.2) is 0 Å². The summed E-state index contributed by atoms with van der Waals surface area (Å²) >= 11 is 5.69. The molecule has 1 unspecified atom stereocenters. The Morgan fingerprint density at radius 3 is 3.00 bits per heavy atom. The molecule has 1 heterocycles. The van der Waals surface area contributed by atoms with Gasteiger partial charge < -0.3 is 10.6 Å². The predicted octanol–water partition coefficient (Wildman–Crippen LogP) is 2.85. The predicted molar refractivity (Wildman–Crippen MR) is 76.2 cm³/mol. The lowest BCUT2D eigenvalue weighted by Crippen LogP contribution is -2.36. The van der Waals surface area contributed by atoms with Crippen LogP contribution in [0.25, 0.3) is 0 Å². The van der Waals surface area contributed by atoms with E-state index in [2.05, 4.69) is 57.7 Å². The number of halogens is 1. The summed E-state index contributed by atoms with van der Waals surface area (Å²) in [6.07, 6.45) is 0. The standard InChI is InChI=1S/C12H17BrN2S/c1-9-8-15(4-5-16-9)12-3-2-10(7-14)6-11(12)13/h2-3,6,9H,4-5,7-8,14H2,1H3. The fraction of sp³-hybridized carbons (Fsp3) is 0.500. The SMILES string of the molecule is CC1CN(c2ccc(CN)cc2Br)CCS1.